The number of halogens is 1. The van der Waals surface area contributed by atoms with Crippen LogP contribution in [-0.4, -0.2) is 54.4 Å². The van der Waals surface area contributed by atoms with Crippen molar-refractivity contribution < 1.29 is 9.84 Å². The Morgan fingerprint density at radius 3 is 2.89 bits per heavy atom. The lowest BCUT2D eigenvalue weighted by Gasteiger charge is -2.36. The highest BCUT2D eigenvalue weighted by Gasteiger charge is 2.25. The molecule has 0 radical (unpaired) electrons. The topological polar surface area (TPSA) is 32.7 Å². The quantitative estimate of drug-likeness (QED) is 0.905. The normalized spacial score (nSPS) is 22.4. The second kappa shape index (κ2) is 7.50. The van der Waals surface area contributed by atoms with E-state index in [4.69, 9.17) is 16.3 Å². The average Bonchev–Trinajstić information content (AvgIpc) is 2.41. The van der Waals surface area contributed by atoms with Crippen molar-refractivity contribution in [1.29, 1.82) is 0 Å². The summed E-state index contributed by atoms with van der Waals surface area (Å²) in [7, 11) is 1.62. The lowest BCUT2D eigenvalue weighted by atomic mass is 10.1. The van der Waals surface area contributed by atoms with Gasteiger partial charge in [-0.15, -0.1) is 0 Å². The van der Waals surface area contributed by atoms with Crippen LogP contribution in [0.3, 0.4) is 0 Å². The molecule has 1 fully saturated rings. The number of nitrogens with zero attached hydrogens (tertiary/aromatic N) is 1. The number of thioether (sulfide) groups is 1. The number of methoxy groups -OCH3 is 1. The fourth-order valence-corrected chi connectivity index (χ4v) is 3.65. The van der Waals surface area contributed by atoms with Gasteiger partial charge in [0, 0.05) is 42.8 Å². The lowest BCUT2D eigenvalue weighted by molar-refractivity contribution is 0.0297. The van der Waals surface area contributed by atoms with Gasteiger partial charge in [0.05, 0.1) is 12.7 Å². The summed E-state index contributed by atoms with van der Waals surface area (Å²) in [6.45, 7) is 2.04. The molecule has 106 valence electrons. The number of aliphatic hydroxyl groups excluding tert-OH is 1. The Labute approximate surface area is 123 Å². The van der Waals surface area contributed by atoms with Crippen molar-refractivity contribution >= 4 is 23.4 Å². The average molecular weight is 302 g/mol. The van der Waals surface area contributed by atoms with Crippen molar-refractivity contribution in [2.45, 2.75) is 12.1 Å². The van der Waals surface area contributed by atoms with Crippen LogP contribution in [0.2, 0.25) is 5.02 Å². The first-order chi connectivity index (χ1) is 9.20. The summed E-state index contributed by atoms with van der Waals surface area (Å²) in [6, 6.07) is 8.37. The van der Waals surface area contributed by atoms with Gasteiger partial charge < -0.3 is 9.84 Å². The van der Waals surface area contributed by atoms with Crippen LogP contribution < -0.4 is 0 Å². The van der Waals surface area contributed by atoms with E-state index in [0.717, 1.165) is 23.1 Å². The SMILES string of the molecule is COC[C@H](O)CN1CCSC[C@@H]1c1ccc(Cl)cc1. The molecule has 0 aromatic heterocycles. The zero-order valence-electron chi connectivity index (χ0n) is 11.1. The van der Waals surface area contributed by atoms with E-state index in [1.54, 1.807) is 7.11 Å². The van der Waals surface area contributed by atoms with Crippen molar-refractivity contribution in [1.82, 2.24) is 4.90 Å². The molecule has 1 aromatic carbocycles. The van der Waals surface area contributed by atoms with Crippen LogP contribution in [0.15, 0.2) is 24.3 Å². The van der Waals surface area contributed by atoms with Gasteiger partial charge in [0.2, 0.25) is 0 Å². The van der Waals surface area contributed by atoms with Crippen LogP contribution in [-0.2, 0) is 4.74 Å². The molecule has 1 aliphatic heterocycles. The molecule has 1 heterocycles. The Morgan fingerprint density at radius 1 is 1.47 bits per heavy atom. The van der Waals surface area contributed by atoms with Crippen LogP contribution in [0, 0.1) is 0 Å². The van der Waals surface area contributed by atoms with Crippen LogP contribution in [0.1, 0.15) is 11.6 Å². The van der Waals surface area contributed by atoms with Crippen molar-refractivity contribution in [3.05, 3.63) is 34.9 Å². The van der Waals surface area contributed by atoms with E-state index in [2.05, 4.69) is 17.0 Å². The van der Waals surface area contributed by atoms with Gasteiger partial charge in [0.1, 0.15) is 0 Å². The molecule has 2 rings (SSSR count). The molecule has 3 nitrogen and oxygen atoms in total. The number of aliphatic hydroxyl groups is 1. The molecule has 1 aromatic rings. The monoisotopic (exact) mass is 301 g/mol. The van der Waals surface area contributed by atoms with Gasteiger partial charge in [-0.1, -0.05) is 23.7 Å². The van der Waals surface area contributed by atoms with Crippen LogP contribution >= 0.6 is 23.4 Å². The molecule has 0 spiro atoms. The van der Waals surface area contributed by atoms with Gasteiger partial charge in [-0.2, -0.15) is 11.8 Å². The van der Waals surface area contributed by atoms with Gasteiger partial charge in [-0.05, 0) is 17.7 Å². The first-order valence-electron chi connectivity index (χ1n) is 6.45. The summed E-state index contributed by atoms with van der Waals surface area (Å²) in [5, 5.41) is 10.7. The highest BCUT2D eigenvalue weighted by atomic mass is 35.5. The molecule has 1 saturated heterocycles. The first-order valence-corrected chi connectivity index (χ1v) is 7.98. The fraction of sp³-hybridized carbons (Fsp3) is 0.571. The van der Waals surface area contributed by atoms with Crippen LogP contribution in [0.5, 0.6) is 0 Å². The Bertz CT molecular complexity index is 388. The Kier molecular flexibility index (Phi) is 5.98. The number of benzene rings is 1. The summed E-state index contributed by atoms with van der Waals surface area (Å²) in [5.74, 6) is 2.17. The maximum absolute atomic E-state index is 9.92. The van der Waals surface area contributed by atoms with Crippen LogP contribution in [0.4, 0.5) is 0 Å². The highest BCUT2D eigenvalue weighted by molar-refractivity contribution is 7.99. The molecule has 1 N–H and O–H groups in total. The van der Waals surface area contributed by atoms with Crippen molar-refractivity contribution in [2.75, 3.05) is 38.3 Å². The smallest absolute Gasteiger partial charge is 0.0900 e. The molecule has 0 aliphatic carbocycles. The predicted molar refractivity (Wildman–Crippen MR) is 81.0 cm³/mol. The van der Waals surface area contributed by atoms with Gasteiger partial charge in [0.15, 0.2) is 0 Å². The van der Waals surface area contributed by atoms with Crippen LogP contribution in [0.25, 0.3) is 0 Å². The summed E-state index contributed by atoms with van der Waals surface area (Å²) in [5.41, 5.74) is 1.27. The molecule has 0 saturated carbocycles. The fourth-order valence-electron chi connectivity index (χ4n) is 2.36. The summed E-state index contributed by atoms with van der Waals surface area (Å²) < 4.78 is 5.00. The summed E-state index contributed by atoms with van der Waals surface area (Å²) in [6.07, 6.45) is -0.428. The molecule has 2 atom stereocenters. The van der Waals surface area contributed by atoms with E-state index in [9.17, 15) is 5.11 Å². The van der Waals surface area contributed by atoms with E-state index in [1.165, 1.54) is 5.56 Å². The number of β-amino-alcohol motifs (C(OH)–C–C–N with tert-alkyl or cyclic N) is 1. The lowest BCUT2D eigenvalue weighted by Crippen LogP contribution is -2.42. The second-order valence-electron chi connectivity index (χ2n) is 4.75. The number of hydrogen-bond acceptors (Lipinski definition) is 4. The van der Waals surface area contributed by atoms with Gasteiger partial charge in [-0.3, -0.25) is 4.90 Å². The number of rotatable bonds is 5. The van der Waals surface area contributed by atoms with E-state index in [-0.39, 0.29) is 0 Å². The second-order valence-corrected chi connectivity index (χ2v) is 6.33. The minimum absolute atomic E-state index is 0.350. The maximum Gasteiger partial charge on any atom is 0.0900 e. The molecular formula is C14H20ClNO2S. The van der Waals surface area contributed by atoms with E-state index in [0.29, 0.717) is 19.2 Å². The molecule has 0 bridgehead atoms. The number of hydrogen-bond donors (Lipinski definition) is 1. The molecule has 5 heteroatoms. The zero-order valence-corrected chi connectivity index (χ0v) is 12.7. The van der Waals surface area contributed by atoms with E-state index < -0.39 is 6.10 Å². The minimum Gasteiger partial charge on any atom is -0.389 e. The summed E-state index contributed by atoms with van der Waals surface area (Å²) in [4.78, 5) is 2.34. The Hall–Kier alpha value is -0.260. The molecule has 19 heavy (non-hydrogen) atoms. The minimum atomic E-state index is -0.428. The maximum atomic E-state index is 9.92. The van der Waals surface area contributed by atoms with Gasteiger partial charge in [-0.25, -0.2) is 0 Å². The van der Waals surface area contributed by atoms with Gasteiger partial charge >= 0.3 is 0 Å². The van der Waals surface area contributed by atoms with Crippen molar-refractivity contribution in [2.24, 2.45) is 0 Å². The van der Waals surface area contributed by atoms with Gasteiger partial charge in [0.25, 0.3) is 0 Å². The van der Waals surface area contributed by atoms with Crippen molar-refractivity contribution in [3.8, 4) is 0 Å². The third-order valence-electron chi connectivity index (χ3n) is 3.30. The third-order valence-corrected chi connectivity index (χ3v) is 4.57. The Balaban J connectivity index is 2.05. The van der Waals surface area contributed by atoms with Crippen molar-refractivity contribution in [3.63, 3.8) is 0 Å². The molecular weight excluding hydrogens is 282 g/mol. The highest BCUT2D eigenvalue weighted by Crippen LogP contribution is 2.30. The zero-order chi connectivity index (χ0) is 13.7. The standard InChI is InChI=1S/C14H20ClNO2S/c1-18-9-13(17)8-16-6-7-19-10-14(16)11-2-4-12(15)5-3-11/h2-5,13-14,17H,6-10H2,1H3/t13-,14-/m1/s1. The molecule has 1 aliphatic rings. The third kappa shape index (κ3) is 4.36. The first kappa shape index (κ1) is 15.1. The summed E-state index contributed by atoms with van der Waals surface area (Å²) >= 11 is 7.90. The molecule has 0 unspecified atom stereocenters. The largest absolute Gasteiger partial charge is 0.389 e. The van der Waals surface area contributed by atoms with E-state index in [1.807, 2.05) is 23.9 Å². The molecule has 0 amide bonds. The predicted octanol–water partition coefficient (Wildman–Crippen LogP) is 2.44. The number of ether oxygens (including phenoxy) is 1. The Morgan fingerprint density at radius 2 is 2.21 bits per heavy atom. The van der Waals surface area contributed by atoms with E-state index >= 15 is 0 Å².